The van der Waals surface area contributed by atoms with Crippen LogP contribution in [0.3, 0.4) is 0 Å². The molecule has 0 spiro atoms. The minimum Gasteiger partial charge on any atom is -0.359 e. The van der Waals surface area contributed by atoms with Gasteiger partial charge in [0.25, 0.3) is 0 Å². The van der Waals surface area contributed by atoms with E-state index in [0.717, 1.165) is 6.42 Å². The number of carbonyl (C=O) groups is 1. The summed E-state index contributed by atoms with van der Waals surface area (Å²) < 4.78 is 1.97. The van der Waals surface area contributed by atoms with Crippen LogP contribution in [0.1, 0.15) is 61.5 Å². The monoisotopic (exact) mass is 311 g/mol. The van der Waals surface area contributed by atoms with Crippen LogP contribution in [-0.2, 0) is 11.8 Å². The number of nitrogens with one attached hydrogen (secondary N) is 1. The smallest absolute Gasteiger partial charge is 0.223 e. The Morgan fingerprint density at radius 3 is 2.78 bits per heavy atom. The number of aromatic nitrogens is 2. The maximum atomic E-state index is 12.0. The lowest BCUT2D eigenvalue weighted by molar-refractivity contribution is -0.121. The Hall–Kier alpha value is -1.84. The van der Waals surface area contributed by atoms with E-state index in [1.807, 2.05) is 17.9 Å². The first kappa shape index (κ1) is 14.7. The van der Waals surface area contributed by atoms with E-state index in [1.54, 1.807) is 7.05 Å². The van der Waals surface area contributed by atoms with E-state index in [1.165, 1.54) is 54.1 Å². The third kappa shape index (κ3) is 2.54. The fraction of sp³-hybridized carbons (Fsp3) is 0.579. The first-order valence-electron chi connectivity index (χ1n) is 8.86. The molecular weight excluding hydrogens is 286 g/mol. The lowest BCUT2D eigenvalue weighted by atomic mass is 9.82. The van der Waals surface area contributed by atoms with Crippen molar-refractivity contribution in [3.05, 3.63) is 29.5 Å². The lowest BCUT2D eigenvalue weighted by Crippen LogP contribution is -2.20. The van der Waals surface area contributed by atoms with Gasteiger partial charge < -0.3 is 5.32 Å². The van der Waals surface area contributed by atoms with Crippen LogP contribution in [-0.4, -0.2) is 22.7 Å². The lowest BCUT2D eigenvalue weighted by Gasteiger charge is -2.23. The SMILES string of the molecule is CNC(=O)[C@@H]1C[C@H]1c1cc(C2CCCCC2)cc2c1cnn2C. The predicted molar refractivity (Wildman–Crippen MR) is 91.5 cm³/mol. The number of rotatable bonds is 3. The van der Waals surface area contributed by atoms with E-state index in [-0.39, 0.29) is 11.8 Å². The van der Waals surface area contributed by atoms with Gasteiger partial charge in [-0.05, 0) is 48.3 Å². The van der Waals surface area contributed by atoms with Crippen molar-refractivity contribution < 1.29 is 4.79 Å². The molecule has 1 aromatic heterocycles. The highest BCUT2D eigenvalue weighted by atomic mass is 16.1. The average Bonchev–Trinajstić information content (AvgIpc) is 3.31. The summed E-state index contributed by atoms with van der Waals surface area (Å²) in [6, 6.07) is 4.71. The van der Waals surface area contributed by atoms with E-state index < -0.39 is 0 Å². The first-order chi connectivity index (χ1) is 11.2. The molecule has 4 heteroatoms. The minimum atomic E-state index is 0.144. The fourth-order valence-corrected chi connectivity index (χ4v) is 4.29. The molecule has 122 valence electrons. The number of fused-ring (bicyclic) bond motifs is 1. The Morgan fingerprint density at radius 1 is 1.26 bits per heavy atom. The summed E-state index contributed by atoms with van der Waals surface area (Å²) in [7, 11) is 3.75. The molecule has 2 atom stereocenters. The van der Waals surface area contributed by atoms with Crippen LogP contribution < -0.4 is 5.32 Å². The first-order valence-corrected chi connectivity index (χ1v) is 8.86. The number of aryl methyl sites for hydroxylation is 1. The molecule has 0 saturated heterocycles. The van der Waals surface area contributed by atoms with Crippen LogP contribution in [0, 0.1) is 5.92 Å². The zero-order chi connectivity index (χ0) is 16.0. The molecule has 2 aromatic rings. The molecule has 0 aliphatic heterocycles. The van der Waals surface area contributed by atoms with Gasteiger partial charge in [-0.1, -0.05) is 25.3 Å². The molecule has 1 heterocycles. The number of hydrogen-bond acceptors (Lipinski definition) is 2. The Balaban J connectivity index is 1.75. The third-order valence-corrected chi connectivity index (χ3v) is 5.77. The summed E-state index contributed by atoms with van der Waals surface area (Å²) in [4.78, 5) is 12.0. The van der Waals surface area contributed by atoms with Gasteiger partial charge in [0.2, 0.25) is 5.91 Å². The van der Waals surface area contributed by atoms with Gasteiger partial charge in [-0.3, -0.25) is 9.48 Å². The molecule has 23 heavy (non-hydrogen) atoms. The van der Waals surface area contributed by atoms with Gasteiger partial charge in [-0.2, -0.15) is 5.10 Å². The Kier molecular flexibility index (Phi) is 3.63. The molecule has 4 rings (SSSR count). The molecule has 2 fully saturated rings. The van der Waals surface area contributed by atoms with E-state index in [2.05, 4.69) is 22.5 Å². The highest BCUT2D eigenvalue weighted by molar-refractivity contribution is 5.88. The summed E-state index contributed by atoms with van der Waals surface area (Å²) in [5.41, 5.74) is 4.01. The molecule has 1 N–H and O–H groups in total. The standard InChI is InChI=1S/C19H25N3O/c1-20-19(23)16-10-15(16)14-8-13(12-6-4-3-5-7-12)9-18-17(14)11-21-22(18)2/h8-9,11-12,15-16H,3-7,10H2,1-2H3,(H,20,23)/t15-,16+/m0/s1. The molecule has 0 bridgehead atoms. The molecule has 2 aliphatic carbocycles. The van der Waals surface area contributed by atoms with Crippen LogP contribution >= 0.6 is 0 Å². The van der Waals surface area contributed by atoms with E-state index >= 15 is 0 Å². The number of benzene rings is 1. The van der Waals surface area contributed by atoms with Crippen molar-refractivity contribution in [1.29, 1.82) is 0 Å². The summed E-state index contributed by atoms with van der Waals surface area (Å²) in [5, 5.41) is 8.48. The summed E-state index contributed by atoms with van der Waals surface area (Å²) in [6.45, 7) is 0. The number of hydrogen-bond donors (Lipinski definition) is 1. The maximum Gasteiger partial charge on any atom is 0.223 e. The third-order valence-electron chi connectivity index (χ3n) is 5.77. The summed E-state index contributed by atoms with van der Waals surface area (Å²) in [6.07, 6.45) is 9.59. The second-order valence-electron chi connectivity index (χ2n) is 7.21. The van der Waals surface area contributed by atoms with Gasteiger partial charge in [0.05, 0.1) is 11.7 Å². The second kappa shape index (κ2) is 5.66. The molecule has 0 unspecified atom stereocenters. The van der Waals surface area contributed by atoms with Crippen molar-refractivity contribution in [3.63, 3.8) is 0 Å². The van der Waals surface area contributed by atoms with Crippen molar-refractivity contribution in [2.75, 3.05) is 7.05 Å². The second-order valence-corrected chi connectivity index (χ2v) is 7.21. The van der Waals surface area contributed by atoms with Gasteiger partial charge in [0, 0.05) is 25.4 Å². The van der Waals surface area contributed by atoms with Crippen molar-refractivity contribution >= 4 is 16.8 Å². The molecule has 1 amide bonds. The minimum absolute atomic E-state index is 0.144. The fourth-order valence-electron chi connectivity index (χ4n) is 4.29. The molecule has 2 saturated carbocycles. The van der Waals surface area contributed by atoms with Crippen molar-refractivity contribution in [2.24, 2.45) is 13.0 Å². The molecular formula is C19H25N3O. The van der Waals surface area contributed by atoms with Gasteiger partial charge in [0.1, 0.15) is 0 Å². The van der Waals surface area contributed by atoms with Gasteiger partial charge in [0.15, 0.2) is 0 Å². The number of amides is 1. The van der Waals surface area contributed by atoms with Crippen LogP contribution in [0.2, 0.25) is 0 Å². The molecule has 2 aliphatic rings. The average molecular weight is 311 g/mol. The van der Waals surface area contributed by atoms with Crippen molar-refractivity contribution in [1.82, 2.24) is 15.1 Å². The van der Waals surface area contributed by atoms with E-state index in [0.29, 0.717) is 11.8 Å². The van der Waals surface area contributed by atoms with Gasteiger partial charge >= 0.3 is 0 Å². The van der Waals surface area contributed by atoms with E-state index in [9.17, 15) is 4.79 Å². The highest BCUT2D eigenvalue weighted by Gasteiger charge is 2.44. The quantitative estimate of drug-likeness (QED) is 0.943. The molecule has 0 radical (unpaired) electrons. The molecule has 1 aromatic carbocycles. The number of nitrogens with zero attached hydrogens (tertiary/aromatic N) is 2. The Labute approximate surface area is 137 Å². The predicted octanol–water partition coefficient (Wildman–Crippen LogP) is 3.47. The summed E-state index contributed by atoms with van der Waals surface area (Å²) in [5.74, 6) is 1.37. The zero-order valence-electron chi connectivity index (χ0n) is 14.0. The van der Waals surface area contributed by atoms with Gasteiger partial charge in [-0.15, -0.1) is 0 Å². The maximum absolute atomic E-state index is 12.0. The topological polar surface area (TPSA) is 46.9 Å². The normalized spacial score (nSPS) is 24.8. The Bertz CT molecular complexity index is 742. The highest BCUT2D eigenvalue weighted by Crippen LogP contribution is 2.50. The number of carbonyl (C=O) groups excluding carboxylic acids is 1. The summed E-state index contributed by atoms with van der Waals surface area (Å²) >= 11 is 0. The van der Waals surface area contributed by atoms with Crippen LogP contribution in [0.25, 0.3) is 10.9 Å². The van der Waals surface area contributed by atoms with Crippen LogP contribution in [0.15, 0.2) is 18.3 Å². The zero-order valence-corrected chi connectivity index (χ0v) is 14.0. The van der Waals surface area contributed by atoms with E-state index in [4.69, 9.17) is 0 Å². The molecule has 4 nitrogen and oxygen atoms in total. The van der Waals surface area contributed by atoms with Crippen molar-refractivity contribution in [2.45, 2.75) is 50.4 Å². The Morgan fingerprint density at radius 2 is 2.04 bits per heavy atom. The van der Waals surface area contributed by atoms with Crippen LogP contribution in [0.5, 0.6) is 0 Å². The largest absolute Gasteiger partial charge is 0.359 e. The van der Waals surface area contributed by atoms with Crippen LogP contribution in [0.4, 0.5) is 0 Å². The van der Waals surface area contributed by atoms with Gasteiger partial charge in [-0.25, -0.2) is 0 Å². The van der Waals surface area contributed by atoms with Crippen molar-refractivity contribution in [3.8, 4) is 0 Å².